The van der Waals surface area contributed by atoms with E-state index in [4.69, 9.17) is 5.26 Å². The lowest BCUT2D eigenvalue weighted by molar-refractivity contribution is -0.117. The van der Waals surface area contributed by atoms with Gasteiger partial charge in [0.1, 0.15) is 0 Å². The van der Waals surface area contributed by atoms with Gasteiger partial charge in [0.15, 0.2) is 6.19 Å². The molecule has 25 heavy (non-hydrogen) atoms. The number of hydrogen-bond acceptors (Lipinski definition) is 6. The van der Waals surface area contributed by atoms with Crippen molar-refractivity contribution < 1.29 is 4.79 Å². The van der Waals surface area contributed by atoms with Crippen molar-refractivity contribution in [3.63, 3.8) is 0 Å². The number of allylic oxidation sites excluding steroid dienone is 5. The van der Waals surface area contributed by atoms with Crippen molar-refractivity contribution >= 4 is 11.9 Å². The molecule has 2 N–H and O–H groups in total. The molecule has 1 aromatic rings. The molecular formula is C18H18N6O. The Morgan fingerprint density at radius 2 is 2.04 bits per heavy atom. The Labute approximate surface area is 146 Å². The topological polar surface area (TPSA) is 93.9 Å². The van der Waals surface area contributed by atoms with Crippen LogP contribution in [0.15, 0.2) is 66.2 Å². The van der Waals surface area contributed by atoms with Crippen LogP contribution in [0.4, 0.5) is 5.95 Å². The van der Waals surface area contributed by atoms with Gasteiger partial charge in [-0.1, -0.05) is 12.2 Å². The van der Waals surface area contributed by atoms with Gasteiger partial charge < -0.3 is 15.5 Å². The lowest BCUT2D eigenvalue weighted by Crippen LogP contribution is -2.37. The van der Waals surface area contributed by atoms with Crippen LogP contribution in [-0.4, -0.2) is 39.9 Å². The number of aromatic nitrogens is 2. The fraction of sp³-hybridized carbons (Fsp3) is 0.222. The summed E-state index contributed by atoms with van der Waals surface area (Å²) in [7, 11) is 0. The molecule has 126 valence electrons. The maximum absolute atomic E-state index is 12.4. The Hall–Kier alpha value is -3.40. The summed E-state index contributed by atoms with van der Waals surface area (Å²) in [5.74, 6) is 0.375. The van der Waals surface area contributed by atoms with Crippen molar-refractivity contribution in [1.82, 2.24) is 20.2 Å². The van der Waals surface area contributed by atoms with Crippen molar-refractivity contribution in [3.05, 3.63) is 66.2 Å². The number of carbonyl (C=O) groups is 1. The molecule has 7 nitrogen and oxygen atoms in total. The zero-order valence-corrected chi connectivity index (χ0v) is 13.6. The fourth-order valence-corrected chi connectivity index (χ4v) is 2.59. The van der Waals surface area contributed by atoms with Crippen molar-refractivity contribution in [3.8, 4) is 6.19 Å². The first-order valence-corrected chi connectivity index (χ1v) is 8.01. The number of likely N-dealkylation sites (tertiary alicyclic amines) is 1. The maximum Gasteiger partial charge on any atom is 0.251 e. The van der Waals surface area contributed by atoms with Gasteiger partial charge in [-0.2, -0.15) is 5.26 Å². The third-order valence-corrected chi connectivity index (χ3v) is 3.85. The number of anilines is 1. The highest BCUT2D eigenvalue weighted by molar-refractivity contribution is 5.96. The van der Waals surface area contributed by atoms with Gasteiger partial charge in [0, 0.05) is 42.8 Å². The minimum absolute atomic E-state index is 0.0128. The molecule has 2 heterocycles. The predicted octanol–water partition coefficient (Wildman–Crippen LogP) is 1.50. The number of nitrogens with zero attached hydrogens (tertiary/aromatic N) is 4. The van der Waals surface area contributed by atoms with Crippen molar-refractivity contribution in [1.29, 1.82) is 5.26 Å². The zero-order chi connectivity index (χ0) is 17.5. The molecule has 1 aliphatic heterocycles. The number of carbonyl (C=O) groups excluding carboxylic acids is 1. The van der Waals surface area contributed by atoms with E-state index in [0.717, 1.165) is 12.1 Å². The Morgan fingerprint density at radius 3 is 2.80 bits per heavy atom. The molecule has 7 heteroatoms. The highest BCUT2D eigenvalue weighted by atomic mass is 16.1. The molecule has 1 atom stereocenters. The van der Waals surface area contributed by atoms with Crippen molar-refractivity contribution in [2.24, 2.45) is 0 Å². The van der Waals surface area contributed by atoms with Gasteiger partial charge in [-0.25, -0.2) is 9.97 Å². The first-order chi connectivity index (χ1) is 12.2. The molecule has 0 bridgehead atoms. The van der Waals surface area contributed by atoms with Gasteiger partial charge in [0.05, 0.1) is 0 Å². The molecule has 1 saturated heterocycles. The van der Waals surface area contributed by atoms with E-state index in [-0.39, 0.29) is 11.9 Å². The lowest BCUT2D eigenvalue weighted by Gasteiger charge is -2.13. The number of nitriles is 1. The molecule has 1 amide bonds. The minimum Gasteiger partial charge on any atom is -0.347 e. The molecule has 1 fully saturated rings. The normalized spacial score (nSPS) is 26.0. The monoisotopic (exact) mass is 334 g/mol. The highest BCUT2D eigenvalue weighted by Gasteiger charge is 2.23. The van der Waals surface area contributed by atoms with E-state index in [1.54, 1.807) is 47.7 Å². The van der Waals surface area contributed by atoms with Crippen LogP contribution in [0.3, 0.4) is 0 Å². The average molecular weight is 334 g/mol. The Bertz CT molecular complexity index is 788. The number of hydrogen-bond donors (Lipinski definition) is 2. The van der Waals surface area contributed by atoms with Gasteiger partial charge in [-0.15, -0.1) is 0 Å². The Morgan fingerprint density at radius 1 is 1.24 bits per heavy atom. The average Bonchev–Trinajstić information content (AvgIpc) is 3.05. The van der Waals surface area contributed by atoms with E-state index in [2.05, 4.69) is 26.8 Å². The fourth-order valence-electron chi connectivity index (χ4n) is 2.59. The molecule has 1 aliphatic carbocycles. The van der Waals surface area contributed by atoms with Gasteiger partial charge in [-0.3, -0.25) is 4.79 Å². The first kappa shape index (κ1) is 16.5. The van der Waals surface area contributed by atoms with Gasteiger partial charge in [0.2, 0.25) is 5.95 Å². The van der Waals surface area contributed by atoms with Crippen LogP contribution >= 0.6 is 0 Å². The van der Waals surface area contributed by atoms with E-state index in [9.17, 15) is 4.79 Å². The quantitative estimate of drug-likeness (QED) is 0.811. The second-order valence-electron chi connectivity index (χ2n) is 5.66. The molecule has 0 aromatic carbocycles. The zero-order valence-electron chi connectivity index (χ0n) is 13.6. The first-order valence-electron chi connectivity index (χ1n) is 8.01. The van der Waals surface area contributed by atoms with Crippen LogP contribution in [0.1, 0.15) is 6.42 Å². The molecule has 0 spiro atoms. The largest absolute Gasteiger partial charge is 0.347 e. The van der Waals surface area contributed by atoms with Crippen LogP contribution in [-0.2, 0) is 4.79 Å². The van der Waals surface area contributed by atoms with E-state index in [0.29, 0.717) is 24.6 Å². The van der Waals surface area contributed by atoms with Gasteiger partial charge >= 0.3 is 0 Å². The Balaban J connectivity index is 1.59. The summed E-state index contributed by atoms with van der Waals surface area (Å²) >= 11 is 0. The summed E-state index contributed by atoms with van der Waals surface area (Å²) in [6.45, 7) is 1.26. The standard InChI is InChI=1S/C18H18N6O/c19-13-24-11-8-16(12-24)22-17(25)14-4-1-6-15(7-2-5-14)23-18-20-9-3-10-21-18/h1-7,9-10,16H,8,11-12H2,(H,22,25)(H,20,21,23)/b4-1-,5-2?,6-1?,7-2-,14-4?,14-5+,15-6+,15-7?/t16-/m1/s1. The molecule has 0 radical (unpaired) electrons. The highest BCUT2D eigenvalue weighted by Crippen LogP contribution is 2.11. The second kappa shape index (κ2) is 7.93. The van der Waals surface area contributed by atoms with E-state index in [1.165, 1.54) is 0 Å². The van der Waals surface area contributed by atoms with Crippen LogP contribution in [0.2, 0.25) is 0 Å². The van der Waals surface area contributed by atoms with E-state index >= 15 is 0 Å². The van der Waals surface area contributed by atoms with Crippen LogP contribution in [0.25, 0.3) is 0 Å². The summed E-state index contributed by atoms with van der Waals surface area (Å²) < 4.78 is 0. The van der Waals surface area contributed by atoms with E-state index in [1.807, 2.05) is 12.2 Å². The Kier molecular flexibility index (Phi) is 5.22. The third-order valence-electron chi connectivity index (χ3n) is 3.85. The van der Waals surface area contributed by atoms with Crippen LogP contribution < -0.4 is 10.6 Å². The molecule has 1 aromatic heterocycles. The summed E-state index contributed by atoms with van der Waals surface area (Å²) in [6.07, 6.45) is 17.0. The number of amides is 1. The predicted molar refractivity (Wildman–Crippen MR) is 93.8 cm³/mol. The smallest absolute Gasteiger partial charge is 0.251 e. The molecule has 0 unspecified atom stereocenters. The number of rotatable bonds is 4. The van der Waals surface area contributed by atoms with Crippen molar-refractivity contribution in [2.75, 3.05) is 18.4 Å². The second-order valence-corrected chi connectivity index (χ2v) is 5.66. The molecule has 0 saturated carbocycles. The minimum atomic E-state index is -0.137. The third kappa shape index (κ3) is 4.54. The molecular weight excluding hydrogens is 316 g/mol. The van der Waals surface area contributed by atoms with Gasteiger partial charge in [0.25, 0.3) is 5.91 Å². The SMILES string of the molecule is N#CN1CC[C@@H](NC(=O)C2=C/C=C\C(Nc3ncccn3)=C/C=C\2)C1. The molecule has 3 rings (SSSR count). The van der Waals surface area contributed by atoms with Crippen molar-refractivity contribution in [2.45, 2.75) is 12.5 Å². The van der Waals surface area contributed by atoms with E-state index < -0.39 is 0 Å². The molecule has 2 aliphatic rings. The maximum atomic E-state index is 12.4. The van der Waals surface area contributed by atoms with Crippen LogP contribution in [0.5, 0.6) is 0 Å². The van der Waals surface area contributed by atoms with Crippen LogP contribution in [0, 0.1) is 11.5 Å². The summed E-state index contributed by atoms with van der Waals surface area (Å²) in [6, 6.07) is 1.76. The summed E-state index contributed by atoms with van der Waals surface area (Å²) in [5.41, 5.74) is 1.39. The summed E-state index contributed by atoms with van der Waals surface area (Å²) in [5, 5.41) is 14.9. The van der Waals surface area contributed by atoms with Gasteiger partial charge in [-0.05, 0) is 36.8 Å². The lowest BCUT2D eigenvalue weighted by atomic mass is 10.1. The number of nitrogens with one attached hydrogen (secondary N) is 2. The summed E-state index contributed by atoms with van der Waals surface area (Å²) in [4.78, 5) is 22.2.